The highest BCUT2D eigenvalue weighted by Crippen LogP contribution is 2.30. The smallest absolute Gasteiger partial charge is 0.261 e. The summed E-state index contributed by atoms with van der Waals surface area (Å²) in [6, 6.07) is 11.3. The number of ether oxygens (including phenoxy) is 2. The summed E-state index contributed by atoms with van der Waals surface area (Å²) < 4.78 is 82.4. The quantitative estimate of drug-likeness (QED) is 0.322. The van der Waals surface area contributed by atoms with Crippen molar-refractivity contribution >= 4 is 43.0 Å². The first-order valence-electron chi connectivity index (χ1n) is 15.3. The maximum Gasteiger partial charge on any atom is 0.261 e. The Morgan fingerprint density at radius 2 is 1.83 bits per heavy atom. The predicted molar refractivity (Wildman–Crippen MR) is 178 cm³/mol. The Bertz CT molecular complexity index is 1700. The van der Waals surface area contributed by atoms with Crippen LogP contribution in [0.4, 0.5) is 10.1 Å². The maximum absolute atomic E-state index is 14.3. The molecule has 0 saturated heterocycles. The largest absolute Gasteiger partial charge is 0.490 e. The summed E-state index contributed by atoms with van der Waals surface area (Å²) in [6.07, 6.45) is 1.20. The van der Waals surface area contributed by atoms with Crippen molar-refractivity contribution in [2.24, 2.45) is 5.92 Å². The lowest BCUT2D eigenvalue weighted by molar-refractivity contribution is -0.00832. The Kier molecular flexibility index (Phi) is 12.4. The molecule has 0 spiro atoms. The number of fused-ring (bicyclic) bond motifs is 1. The molecule has 15 heteroatoms. The van der Waals surface area contributed by atoms with Crippen molar-refractivity contribution in [1.82, 2.24) is 9.21 Å². The number of hydrogen-bond donors (Lipinski definition) is 2. The van der Waals surface area contributed by atoms with Crippen molar-refractivity contribution in [3.63, 3.8) is 0 Å². The molecule has 0 unspecified atom stereocenters. The summed E-state index contributed by atoms with van der Waals surface area (Å²) in [4.78, 5) is 15.6. The number of hydrogen-bond acceptors (Lipinski definition) is 9. The standard InChI is InChI=1S/C32H42FN3O8S3/c1-22-19-36(23(2)21-37)32(38)28-18-26(34-46(39,40)27-13-10-25(33)11-14-27)12-15-29(28)44-24(3)8-5-6-16-43-30(22)20-35(4)47(41,42)31-9-7-17-45-31/h7,9-15,17-18,22-24,30,34,37H,5-6,8,16,19-21H2,1-4H3/t22-,23-,24+,30-/m1/s1. The van der Waals surface area contributed by atoms with Crippen LogP contribution in [0.1, 0.15) is 50.4 Å². The third kappa shape index (κ3) is 9.30. The highest BCUT2D eigenvalue weighted by atomic mass is 32.2. The minimum absolute atomic E-state index is 0.0440. The van der Waals surface area contributed by atoms with Crippen LogP contribution in [-0.4, -0.2) is 88.7 Å². The Balaban J connectivity index is 1.68. The summed E-state index contributed by atoms with van der Waals surface area (Å²) in [6.45, 7) is 5.57. The molecule has 3 aromatic rings. The monoisotopic (exact) mass is 711 g/mol. The molecule has 1 aliphatic heterocycles. The fourth-order valence-corrected chi connectivity index (χ4v) is 8.63. The zero-order chi connectivity index (χ0) is 34.4. The van der Waals surface area contributed by atoms with Gasteiger partial charge in [0.15, 0.2) is 0 Å². The van der Waals surface area contributed by atoms with Gasteiger partial charge >= 0.3 is 0 Å². The molecule has 1 aliphatic rings. The fraction of sp³-hybridized carbons (Fsp3) is 0.469. The van der Waals surface area contributed by atoms with Crippen LogP contribution in [-0.2, 0) is 24.8 Å². The number of rotatable bonds is 9. The molecule has 4 rings (SSSR count). The minimum Gasteiger partial charge on any atom is -0.490 e. The van der Waals surface area contributed by atoms with Crippen molar-refractivity contribution in [3.05, 3.63) is 71.4 Å². The Morgan fingerprint density at radius 3 is 2.49 bits per heavy atom. The molecule has 258 valence electrons. The van der Waals surface area contributed by atoms with Gasteiger partial charge in [0, 0.05) is 38.3 Å². The maximum atomic E-state index is 14.3. The molecule has 11 nitrogen and oxygen atoms in total. The van der Waals surface area contributed by atoms with E-state index in [0.717, 1.165) is 42.0 Å². The molecule has 2 heterocycles. The first-order valence-corrected chi connectivity index (χ1v) is 19.2. The van der Waals surface area contributed by atoms with Crippen LogP contribution >= 0.6 is 11.3 Å². The van der Waals surface area contributed by atoms with Crippen LogP contribution in [0.15, 0.2) is 69.1 Å². The predicted octanol–water partition coefficient (Wildman–Crippen LogP) is 4.80. The minimum atomic E-state index is -4.12. The number of nitrogens with zero attached hydrogens (tertiary/aromatic N) is 2. The lowest BCUT2D eigenvalue weighted by Crippen LogP contribution is -2.48. The zero-order valence-corrected chi connectivity index (χ0v) is 29.3. The van der Waals surface area contributed by atoms with E-state index in [1.54, 1.807) is 24.4 Å². The number of thiophene rings is 1. The summed E-state index contributed by atoms with van der Waals surface area (Å²) in [5.74, 6) is -1.22. The third-order valence-corrected chi connectivity index (χ3v) is 12.6. The van der Waals surface area contributed by atoms with Crippen LogP contribution in [0.2, 0.25) is 0 Å². The molecule has 0 aliphatic carbocycles. The van der Waals surface area contributed by atoms with Crippen molar-refractivity contribution in [1.29, 1.82) is 0 Å². The van der Waals surface area contributed by atoms with Crippen LogP contribution in [0.3, 0.4) is 0 Å². The highest BCUT2D eigenvalue weighted by Gasteiger charge is 2.33. The van der Waals surface area contributed by atoms with E-state index in [0.29, 0.717) is 19.4 Å². The van der Waals surface area contributed by atoms with Crippen molar-refractivity contribution in [2.75, 3.05) is 38.1 Å². The average Bonchev–Trinajstić information content (AvgIpc) is 3.59. The average molecular weight is 712 g/mol. The second-order valence-corrected chi connectivity index (χ2v) is 16.7. The van der Waals surface area contributed by atoms with Gasteiger partial charge in [0.1, 0.15) is 15.8 Å². The first kappa shape index (κ1) is 36.8. The number of aliphatic hydroxyl groups is 1. The SMILES string of the molecule is C[C@@H]1CN([C@H](C)CO)C(=O)c2cc(NS(=O)(=O)c3ccc(F)cc3)ccc2O[C@@H](C)CCCCO[C@@H]1CN(C)S(=O)(=O)c1cccs1. The Morgan fingerprint density at radius 1 is 1.11 bits per heavy atom. The summed E-state index contributed by atoms with van der Waals surface area (Å²) in [5, 5.41) is 11.9. The number of nitrogens with one attached hydrogen (secondary N) is 1. The molecule has 0 radical (unpaired) electrons. The molecule has 0 fully saturated rings. The van der Waals surface area contributed by atoms with Gasteiger partial charge in [-0.15, -0.1) is 11.3 Å². The van der Waals surface area contributed by atoms with E-state index in [9.17, 15) is 31.1 Å². The Labute approximate surface area is 280 Å². The molecule has 0 saturated carbocycles. The van der Waals surface area contributed by atoms with Crippen LogP contribution in [0.25, 0.3) is 0 Å². The van der Waals surface area contributed by atoms with Crippen molar-refractivity contribution < 1.29 is 40.6 Å². The number of likely N-dealkylation sites (N-methyl/N-ethyl adjacent to an activating group) is 1. The van der Waals surface area contributed by atoms with E-state index >= 15 is 0 Å². The van der Waals surface area contributed by atoms with Crippen LogP contribution in [0, 0.1) is 11.7 Å². The van der Waals surface area contributed by atoms with E-state index in [1.807, 2.05) is 13.8 Å². The van der Waals surface area contributed by atoms with Gasteiger partial charge in [0.2, 0.25) is 0 Å². The van der Waals surface area contributed by atoms with Gasteiger partial charge in [-0.3, -0.25) is 9.52 Å². The highest BCUT2D eigenvalue weighted by molar-refractivity contribution is 7.92. The number of benzene rings is 2. The summed E-state index contributed by atoms with van der Waals surface area (Å²) in [7, 11) is -6.37. The van der Waals surface area contributed by atoms with Crippen molar-refractivity contribution in [3.8, 4) is 5.75 Å². The van der Waals surface area contributed by atoms with Gasteiger partial charge < -0.3 is 19.5 Å². The summed E-state index contributed by atoms with van der Waals surface area (Å²) in [5.41, 5.74) is 0.167. The van der Waals surface area contributed by atoms with Gasteiger partial charge in [0.05, 0.1) is 35.3 Å². The zero-order valence-electron chi connectivity index (χ0n) is 26.8. The lowest BCUT2D eigenvalue weighted by atomic mass is 10.0. The molecule has 0 bridgehead atoms. The second kappa shape index (κ2) is 15.9. The van der Waals surface area contributed by atoms with Crippen LogP contribution < -0.4 is 9.46 Å². The number of sulfonamides is 2. The molecule has 4 atom stereocenters. The molecular weight excluding hydrogens is 670 g/mol. The topological polar surface area (TPSA) is 143 Å². The van der Waals surface area contributed by atoms with E-state index in [4.69, 9.17) is 9.47 Å². The first-order chi connectivity index (χ1) is 22.2. The van der Waals surface area contributed by atoms with Crippen molar-refractivity contribution in [2.45, 2.75) is 67.4 Å². The number of aliphatic hydroxyl groups excluding tert-OH is 1. The number of amides is 1. The molecule has 1 aromatic heterocycles. The van der Waals surface area contributed by atoms with Gasteiger partial charge in [-0.05, 0) is 87.0 Å². The number of carbonyl (C=O) groups is 1. The molecular formula is C32H42FN3O8S3. The molecule has 2 N–H and O–H groups in total. The Hall–Kier alpha value is -3.08. The number of anilines is 1. The van der Waals surface area contributed by atoms with E-state index in [1.165, 1.54) is 34.5 Å². The molecule has 2 aromatic carbocycles. The number of halogens is 1. The van der Waals surface area contributed by atoms with E-state index < -0.39 is 43.9 Å². The number of carbonyl (C=O) groups excluding carboxylic acids is 1. The van der Waals surface area contributed by atoms with Crippen LogP contribution in [0.5, 0.6) is 5.75 Å². The van der Waals surface area contributed by atoms with E-state index in [-0.39, 0.29) is 57.8 Å². The molecule has 1 amide bonds. The van der Waals surface area contributed by atoms with E-state index in [2.05, 4.69) is 4.72 Å². The fourth-order valence-electron chi connectivity index (χ4n) is 5.19. The van der Waals surface area contributed by atoms with Gasteiger partial charge in [-0.25, -0.2) is 21.2 Å². The van der Waals surface area contributed by atoms with Gasteiger partial charge in [0.25, 0.3) is 26.0 Å². The lowest BCUT2D eigenvalue weighted by Gasteiger charge is -2.35. The molecule has 47 heavy (non-hydrogen) atoms. The van der Waals surface area contributed by atoms with Gasteiger partial charge in [-0.1, -0.05) is 13.0 Å². The summed E-state index contributed by atoms with van der Waals surface area (Å²) >= 11 is 1.13. The van der Waals surface area contributed by atoms with Gasteiger partial charge in [-0.2, -0.15) is 4.31 Å². The third-order valence-electron chi connectivity index (χ3n) is 8.02. The normalized spacial score (nSPS) is 21.0. The second-order valence-electron chi connectivity index (χ2n) is 11.8.